The van der Waals surface area contributed by atoms with Crippen molar-refractivity contribution in [3.05, 3.63) is 36.0 Å². The molecular formula is C18H25NO2. The first-order valence-corrected chi connectivity index (χ1v) is 7.71. The Morgan fingerprint density at radius 2 is 2.10 bits per heavy atom. The Labute approximate surface area is 127 Å². The van der Waals surface area contributed by atoms with Crippen molar-refractivity contribution < 1.29 is 9.90 Å². The van der Waals surface area contributed by atoms with E-state index in [0.29, 0.717) is 18.0 Å². The molecule has 1 fully saturated rings. The molecule has 1 saturated carbocycles. The first-order valence-electron chi connectivity index (χ1n) is 7.71. The molecule has 3 nitrogen and oxygen atoms in total. The lowest BCUT2D eigenvalue weighted by atomic mass is 9.68. The fourth-order valence-corrected chi connectivity index (χ4v) is 2.80. The van der Waals surface area contributed by atoms with Gasteiger partial charge in [-0.3, -0.25) is 4.79 Å². The zero-order valence-corrected chi connectivity index (χ0v) is 13.1. The van der Waals surface area contributed by atoms with Crippen LogP contribution in [0, 0.1) is 11.3 Å². The van der Waals surface area contributed by atoms with Gasteiger partial charge in [-0.15, -0.1) is 0 Å². The Bertz CT molecular complexity index is 546. The monoisotopic (exact) mass is 287 g/mol. The number of nitrogens with one attached hydrogen (secondary N) is 1. The number of Topliss-reactive ketones (excluding diaryl/α,β-unsaturated/α-hetero) is 1. The molecule has 1 atom stereocenters. The fraction of sp³-hybridized carbons (Fsp3) is 0.500. The van der Waals surface area contributed by atoms with Crippen molar-refractivity contribution in [3.8, 4) is 5.75 Å². The smallest absolute Gasteiger partial charge is 0.160 e. The van der Waals surface area contributed by atoms with Crippen molar-refractivity contribution in [3.63, 3.8) is 0 Å². The molecule has 21 heavy (non-hydrogen) atoms. The molecule has 0 amide bonds. The highest BCUT2D eigenvalue weighted by molar-refractivity contribution is 5.96. The summed E-state index contributed by atoms with van der Waals surface area (Å²) >= 11 is 0. The summed E-state index contributed by atoms with van der Waals surface area (Å²) in [5.74, 6) is 0.960. The number of ketones is 1. The maximum absolute atomic E-state index is 12.1. The maximum Gasteiger partial charge on any atom is 0.160 e. The minimum atomic E-state index is 0.197. The number of para-hydroxylation sites is 2. The van der Waals surface area contributed by atoms with Crippen LogP contribution in [-0.4, -0.2) is 10.9 Å². The van der Waals surface area contributed by atoms with Gasteiger partial charge in [0.15, 0.2) is 5.78 Å². The third-order valence-electron chi connectivity index (χ3n) is 4.87. The van der Waals surface area contributed by atoms with Crippen molar-refractivity contribution in [1.82, 2.24) is 0 Å². The average Bonchev–Trinajstić information content (AvgIpc) is 2.47. The second kappa shape index (κ2) is 6.33. The first-order chi connectivity index (χ1) is 9.94. The highest BCUT2D eigenvalue weighted by Crippen LogP contribution is 2.41. The van der Waals surface area contributed by atoms with E-state index in [0.717, 1.165) is 24.8 Å². The van der Waals surface area contributed by atoms with Crippen LogP contribution in [0.15, 0.2) is 36.0 Å². The molecule has 0 aromatic heterocycles. The third kappa shape index (κ3) is 3.66. The fourth-order valence-electron chi connectivity index (χ4n) is 2.80. The molecule has 0 unspecified atom stereocenters. The molecule has 0 bridgehead atoms. The van der Waals surface area contributed by atoms with Crippen molar-refractivity contribution in [2.45, 2.75) is 46.5 Å². The molecule has 0 heterocycles. The number of allylic oxidation sites excluding steroid dienone is 1. The minimum Gasteiger partial charge on any atom is -0.506 e. The van der Waals surface area contributed by atoms with Gasteiger partial charge in [-0.25, -0.2) is 0 Å². The molecule has 2 N–H and O–H groups in total. The van der Waals surface area contributed by atoms with Gasteiger partial charge in [0.05, 0.1) is 5.69 Å². The zero-order valence-electron chi connectivity index (χ0n) is 13.1. The van der Waals surface area contributed by atoms with Crippen LogP contribution in [0.2, 0.25) is 0 Å². The Morgan fingerprint density at radius 3 is 2.76 bits per heavy atom. The lowest BCUT2D eigenvalue weighted by Crippen LogP contribution is -2.29. The molecule has 114 valence electrons. The number of benzene rings is 1. The van der Waals surface area contributed by atoms with Gasteiger partial charge in [0.25, 0.3) is 0 Å². The summed E-state index contributed by atoms with van der Waals surface area (Å²) in [6.45, 7) is 6.77. The van der Waals surface area contributed by atoms with Crippen LogP contribution >= 0.6 is 0 Å². The van der Waals surface area contributed by atoms with E-state index in [4.69, 9.17) is 0 Å². The van der Waals surface area contributed by atoms with Crippen molar-refractivity contribution in [1.29, 1.82) is 0 Å². The van der Waals surface area contributed by atoms with Gasteiger partial charge in [-0.05, 0) is 36.3 Å². The van der Waals surface area contributed by atoms with Gasteiger partial charge >= 0.3 is 0 Å². The predicted molar refractivity (Wildman–Crippen MR) is 86.2 cm³/mol. The summed E-state index contributed by atoms with van der Waals surface area (Å²) in [4.78, 5) is 12.1. The molecule has 1 aromatic carbocycles. The summed E-state index contributed by atoms with van der Waals surface area (Å²) in [5.41, 5.74) is 1.74. The quantitative estimate of drug-likeness (QED) is 0.633. The lowest BCUT2D eigenvalue weighted by Gasteiger charge is -2.36. The largest absolute Gasteiger partial charge is 0.506 e. The Hall–Kier alpha value is -1.77. The Kier molecular flexibility index (Phi) is 4.71. The molecule has 1 aliphatic carbocycles. The van der Waals surface area contributed by atoms with Gasteiger partial charge in [-0.2, -0.15) is 0 Å². The average molecular weight is 287 g/mol. The van der Waals surface area contributed by atoms with E-state index in [2.05, 4.69) is 26.1 Å². The number of carbonyl (C=O) groups is 1. The minimum absolute atomic E-state index is 0.197. The lowest BCUT2D eigenvalue weighted by molar-refractivity contribution is -0.117. The predicted octanol–water partition coefficient (Wildman–Crippen LogP) is 4.49. The van der Waals surface area contributed by atoms with Crippen molar-refractivity contribution >= 4 is 11.5 Å². The number of anilines is 1. The molecule has 3 heteroatoms. The molecular weight excluding hydrogens is 262 g/mol. The van der Waals surface area contributed by atoms with Gasteiger partial charge < -0.3 is 10.4 Å². The maximum atomic E-state index is 12.1. The summed E-state index contributed by atoms with van der Waals surface area (Å²) < 4.78 is 0. The van der Waals surface area contributed by atoms with Crippen LogP contribution in [0.25, 0.3) is 0 Å². The molecule has 2 rings (SSSR count). The van der Waals surface area contributed by atoms with E-state index in [1.165, 1.54) is 0 Å². The molecule has 1 aromatic rings. The summed E-state index contributed by atoms with van der Waals surface area (Å²) in [7, 11) is 0. The van der Waals surface area contributed by atoms with E-state index >= 15 is 0 Å². The number of phenols is 1. The second-order valence-electron chi connectivity index (χ2n) is 6.54. The standard InChI is InChI=1S/C18H25NO2/c1-4-18(2,3)14-9-10-16(20)13(11-14)12-19-15-7-5-6-8-17(15)21/h5-8,12,14,19,21H,4,9-11H2,1-3H3/b13-12+/t14-/m0/s1. The Balaban J connectivity index is 2.12. The van der Waals surface area contributed by atoms with Crippen molar-refractivity contribution in [2.75, 3.05) is 5.32 Å². The number of aromatic hydroxyl groups is 1. The zero-order chi connectivity index (χ0) is 15.5. The van der Waals surface area contributed by atoms with Crippen LogP contribution in [0.1, 0.15) is 46.5 Å². The number of rotatable bonds is 4. The Morgan fingerprint density at radius 1 is 1.38 bits per heavy atom. The molecule has 0 aliphatic heterocycles. The van der Waals surface area contributed by atoms with Gasteiger partial charge in [-0.1, -0.05) is 39.3 Å². The van der Waals surface area contributed by atoms with Crippen LogP contribution in [0.5, 0.6) is 5.75 Å². The second-order valence-corrected chi connectivity index (χ2v) is 6.54. The topological polar surface area (TPSA) is 49.3 Å². The van der Waals surface area contributed by atoms with E-state index in [1.807, 2.05) is 6.07 Å². The molecule has 0 radical (unpaired) electrons. The van der Waals surface area contributed by atoms with E-state index < -0.39 is 0 Å². The first kappa shape index (κ1) is 15.6. The van der Waals surface area contributed by atoms with Crippen LogP contribution < -0.4 is 5.32 Å². The number of phenolic OH excluding ortho intramolecular Hbond substituents is 1. The normalized spacial score (nSPS) is 21.6. The molecule has 1 aliphatic rings. The van der Waals surface area contributed by atoms with Gasteiger partial charge in [0, 0.05) is 18.2 Å². The van der Waals surface area contributed by atoms with E-state index in [1.54, 1.807) is 24.4 Å². The van der Waals surface area contributed by atoms with Crippen LogP contribution in [0.3, 0.4) is 0 Å². The summed E-state index contributed by atoms with van der Waals surface area (Å²) in [6.07, 6.45) is 5.32. The van der Waals surface area contributed by atoms with Crippen LogP contribution in [0.4, 0.5) is 5.69 Å². The number of carbonyl (C=O) groups excluding carboxylic acids is 1. The third-order valence-corrected chi connectivity index (χ3v) is 4.87. The molecule has 0 saturated heterocycles. The number of hydrogen-bond donors (Lipinski definition) is 2. The highest BCUT2D eigenvalue weighted by Gasteiger charge is 2.33. The number of hydrogen-bond acceptors (Lipinski definition) is 3. The van der Waals surface area contributed by atoms with E-state index in [9.17, 15) is 9.90 Å². The van der Waals surface area contributed by atoms with Crippen molar-refractivity contribution in [2.24, 2.45) is 11.3 Å². The van der Waals surface area contributed by atoms with E-state index in [-0.39, 0.29) is 16.9 Å². The van der Waals surface area contributed by atoms with Gasteiger partial charge in [0.1, 0.15) is 5.75 Å². The van der Waals surface area contributed by atoms with Crippen LogP contribution in [-0.2, 0) is 4.79 Å². The molecule has 0 spiro atoms. The summed E-state index contributed by atoms with van der Waals surface area (Å²) in [6, 6.07) is 7.06. The highest BCUT2D eigenvalue weighted by atomic mass is 16.3. The summed E-state index contributed by atoms with van der Waals surface area (Å²) in [5, 5.41) is 12.8. The van der Waals surface area contributed by atoms with Gasteiger partial charge in [0.2, 0.25) is 0 Å². The SMILES string of the molecule is CCC(C)(C)[C@H]1CCC(=O)/C(=C/Nc2ccccc2O)C1.